The Kier molecular flexibility index (Phi) is 3.24. The molecule has 86 valence electrons. The van der Waals surface area contributed by atoms with Crippen LogP contribution < -0.4 is 0 Å². The highest BCUT2D eigenvalue weighted by molar-refractivity contribution is 9.10. The van der Waals surface area contributed by atoms with Gasteiger partial charge in [0.25, 0.3) is 0 Å². The van der Waals surface area contributed by atoms with Crippen molar-refractivity contribution in [3.05, 3.63) is 33.1 Å². The van der Waals surface area contributed by atoms with Crippen LogP contribution >= 0.6 is 27.5 Å². The van der Waals surface area contributed by atoms with Crippen molar-refractivity contribution >= 4 is 33.2 Å². The van der Waals surface area contributed by atoms with Crippen molar-refractivity contribution in [1.82, 2.24) is 14.3 Å². The third-order valence-corrected chi connectivity index (χ3v) is 3.20. The molecule has 2 heterocycles. The summed E-state index contributed by atoms with van der Waals surface area (Å²) in [4.78, 5) is 6.65. The first-order chi connectivity index (χ1) is 7.49. The van der Waals surface area contributed by atoms with Crippen molar-refractivity contribution in [2.24, 2.45) is 0 Å². The Morgan fingerprint density at radius 1 is 1.50 bits per heavy atom. The Labute approximate surface area is 108 Å². The number of aromatic nitrogens is 2. The number of aryl methyl sites for hydroxylation is 1. The lowest BCUT2D eigenvalue weighted by Crippen LogP contribution is -2.13. The molecule has 0 unspecified atom stereocenters. The van der Waals surface area contributed by atoms with Crippen molar-refractivity contribution in [2.45, 2.75) is 13.5 Å². The molecule has 0 aliphatic carbocycles. The van der Waals surface area contributed by atoms with E-state index >= 15 is 0 Å². The van der Waals surface area contributed by atoms with Gasteiger partial charge in [0.1, 0.15) is 0 Å². The van der Waals surface area contributed by atoms with Crippen LogP contribution in [0.3, 0.4) is 0 Å². The molecule has 0 radical (unpaired) electrons. The van der Waals surface area contributed by atoms with E-state index in [1.165, 1.54) is 5.69 Å². The molecule has 0 atom stereocenters. The summed E-state index contributed by atoms with van der Waals surface area (Å²) in [5.41, 5.74) is 3.12. The molecule has 0 fully saturated rings. The molecule has 0 amide bonds. The van der Waals surface area contributed by atoms with Crippen LogP contribution in [0.15, 0.2) is 16.7 Å². The van der Waals surface area contributed by atoms with Gasteiger partial charge in [-0.1, -0.05) is 11.6 Å². The zero-order valence-corrected chi connectivity index (χ0v) is 11.8. The molecule has 0 saturated carbocycles. The predicted molar refractivity (Wildman–Crippen MR) is 70.0 cm³/mol. The minimum atomic E-state index is 0.705. The van der Waals surface area contributed by atoms with Gasteiger partial charge in [0.05, 0.1) is 20.9 Å². The molecule has 0 aliphatic heterocycles. The van der Waals surface area contributed by atoms with Crippen molar-refractivity contribution in [2.75, 3.05) is 14.1 Å². The summed E-state index contributed by atoms with van der Waals surface area (Å²) in [5, 5.41) is 0.705. The van der Waals surface area contributed by atoms with Crippen molar-refractivity contribution < 1.29 is 0 Å². The number of nitrogens with zero attached hydrogens (tertiary/aromatic N) is 3. The Morgan fingerprint density at radius 3 is 2.81 bits per heavy atom. The number of fused-ring (bicyclic) bond motifs is 1. The van der Waals surface area contributed by atoms with Gasteiger partial charge in [-0.25, -0.2) is 4.98 Å². The Morgan fingerprint density at radius 2 is 2.19 bits per heavy atom. The first-order valence-corrected chi connectivity index (χ1v) is 6.13. The molecule has 5 heteroatoms. The van der Waals surface area contributed by atoms with Crippen LogP contribution in [0.1, 0.15) is 11.4 Å². The quantitative estimate of drug-likeness (QED) is 0.849. The first-order valence-electron chi connectivity index (χ1n) is 4.96. The van der Waals surface area contributed by atoms with Crippen LogP contribution in [0, 0.1) is 6.92 Å². The summed E-state index contributed by atoms with van der Waals surface area (Å²) in [5.74, 6) is 0. The maximum Gasteiger partial charge on any atom is 0.151 e. The maximum atomic E-state index is 6.05. The van der Waals surface area contributed by atoms with E-state index in [0.717, 1.165) is 22.4 Å². The van der Waals surface area contributed by atoms with Gasteiger partial charge in [-0.15, -0.1) is 0 Å². The van der Waals surface area contributed by atoms with Crippen LogP contribution in [0.2, 0.25) is 5.02 Å². The lowest BCUT2D eigenvalue weighted by Gasteiger charge is -2.10. The fourth-order valence-corrected chi connectivity index (χ4v) is 2.59. The molecular formula is C11H13BrClN3. The molecule has 16 heavy (non-hydrogen) atoms. The van der Waals surface area contributed by atoms with Crippen LogP contribution in [-0.2, 0) is 6.54 Å². The molecule has 0 N–H and O–H groups in total. The third kappa shape index (κ3) is 2.10. The standard InChI is InChI=1S/C11H13BrClN3/c1-7-10(6-15(2)3)16-5-8(13)4-9(12)11(16)14-7/h4-5H,6H2,1-3H3. The predicted octanol–water partition coefficient (Wildman–Crippen LogP) is 3.12. The van der Waals surface area contributed by atoms with E-state index in [0.29, 0.717) is 5.02 Å². The highest BCUT2D eigenvalue weighted by Gasteiger charge is 2.12. The van der Waals surface area contributed by atoms with Crippen LogP contribution in [-0.4, -0.2) is 28.4 Å². The molecule has 0 bridgehead atoms. The number of hydrogen-bond acceptors (Lipinski definition) is 2. The minimum Gasteiger partial charge on any atom is -0.304 e. The smallest absolute Gasteiger partial charge is 0.151 e. The summed E-state index contributed by atoms with van der Waals surface area (Å²) < 4.78 is 2.97. The van der Waals surface area contributed by atoms with Gasteiger partial charge in [0.15, 0.2) is 5.65 Å². The van der Waals surface area contributed by atoms with E-state index in [1.807, 2.05) is 37.7 Å². The summed E-state index contributed by atoms with van der Waals surface area (Å²) in [6, 6.07) is 1.86. The Hall–Kier alpha value is -0.580. The molecular weight excluding hydrogens is 289 g/mol. The van der Waals surface area contributed by atoms with Crippen LogP contribution in [0.4, 0.5) is 0 Å². The van der Waals surface area contributed by atoms with Gasteiger partial charge < -0.3 is 9.30 Å². The second-order valence-electron chi connectivity index (χ2n) is 4.08. The second-order valence-corrected chi connectivity index (χ2v) is 5.37. The number of hydrogen-bond donors (Lipinski definition) is 0. The number of halogens is 2. The van der Waals surface area contributed by atoms with Crippen LogP contribution in [0.5, 0.6) is 0 Å². The SMILES string of the molecule is Cc1nc2c(Br)cc(Cl)cn2c1CN(C)C. The molecule has 0 saturated heterocycles. The van der Waals surface area contributed by atoms with Crippen molar-refractivity contribution in [3.8, 4) is 0 Å². The monoisotopic (exact) mass is 301 g/mol. The van der Waals surface area contributed by atoms with Gasteiger partial charge in [-0.3, -0.25) is 0 Å². The van der Waals surface area contributed by atoms with Gasteiger partial charge in [-0.2, -0.15) is 0 Å². The van der Waals surface area contributed by atoms with Gasteiger partial charge in [0, 0.05) is 12.7 Å². The van der Waals surface area contributed by atoms with Crippen molar-refractivity contribution in [3.63, 3.8) is 0 Å². The topological polar surface area (TPSA) is 20.5 Å². The lowest BCUT2D eigenvalue weighted by molar-refractivity contribution is 0.394. The summed E-state index contributed by atoms with van der Waals surface area (Å²) in [6.45, 7) is 2.87. The third-order valence-electron chi connectivity index (χ3n) is 2.41. The molecule has 2 aromatic rings. The molecule has 2 rings (SSSR count). The zero-order valence-electron chi connectivity index (χ0n) is 9.46. The normalized spacial score (nSPS) is 11.6. The average Bonchev–Trinajstić information content (AvgIpc) is 2.45. The number of rotatable bonds is 2. The molecule has 3 nitrogen and oxygen atoms in total. The summed E-state index contributed by atoms with van der Waals surface area (Å²) >= 11 is 9.53. The minimum absolute atomic E-state index is 0.705. The van der Waals surface area contributed by atoms with Gasteiger partial charge in [0.2, 0.25) is 0 Å². The van der Waals surface area contributed by atoms with Crippen molar-refractivity contribution in [1.29, 1.82) is 0 Å². The summed E-state index contributed by atoms with van der Waals surface area (Å²) in [7, 11) is 4.08. The Bertz CT molecular complexity index is 533. The maximum absolute atomic E-state index is 6.05. The summed E-state index contributed by atoms with van der Waals surface area (Å²) in [6.07, 6.45) is 1.90. The van der Waals surface area contributed by atoms with E-state index < -0.39 is 0 Å². The zero-order chi connectivity index (χ0) is 11.9. The van der Waals surface area contributed by atoms with E-state index in [1.54, 1.807) is 0 Å². The fraction of sp³-hybridized carbons (Fsp3) is 0.364. The molecule has 0 aromatic carbocycles. The molecule has 0 aliphatic rings. The van der Waals surface area contributed by atoms with E-state index in [-0.39, 0.29) is 0 Å². The highest BCUT2D eigenvalue weighted by Crippen LogP contribution is 2.25. The van der Waals surface area contributed by atoms with Gasteiger partial charge >= 0.3 is 0 Å². The number of imidazole rings is 1. The largest absolute Gasteiger partial charge is 0.304 e. The van der Waals surface area contributed by atoms with Gasteiger partial charge in [-0.05, 0) is 43.0 Å². The number of pyridine rings is 1. The van der Waals surface area contributed by atoms with E-state index in [9.17, 15) is 0 Å². The second kappa shape index (κ2) is 4.35. The van der Waals surface area contributed by atoms with E-state index in [4.69, 9.17) is 11.6 Å². The lowest BCUT2D eigenvalue weighted by atomic mass is 10.3. The molecule has 0 spiro atoms. The fourth-order valence-electron chi connectivity index (χ4n) is 1.72. The van der Waals surface area contributed by atoms with Crippen LogP contribution in [0.25, 0.3) is 5.65 Å². The Balaban J connectivity index is 2.68. The average molecular weight is 303 g/mol. The highest BCUT2D eigenvalue weighted by atomic mass is 79.9. The van der Waals surface area contributed by atoms with E-state index in [2.05, 4.69) is 25.8 Å². The first kappa shape index (κ1) is 11.9. The molecule has 2 aromatic heterocycles.